The summed E-state index contributed by atoms with van der Waals surface area (Å²) in [4.78, 5) is 15.8. The lowest BCUT2D eigenvalue weighted by Crippen LogP contribution is -2.37. The number of carbonyl (C=O) groups excluding carboxylic acids is 1. The van der Waals surface area contributed by atoms with Gasteiger partial charge in [-0.2, -0.15) is 4.39 Å². The summed E-state index contributed by atoms with van der Waals surface area (Å²) in [7, 11) is 1.26. The SMILES string of the molecule is COc1ccc(CN[C@@H](C)C(=O)Nc2nccs2)c(F)c1F. The molecule has 5 nitrogen and oxygen atoms in total. The van der Waals surface area contributed by atoms with Crippen LogP contribution in [0.5, 0.6) is 5.75 Å². The van der Waals surface area contributed by atoms with E-state index in [9.17, 15) is 13.6 Å². The standard InChI is InChI=1S/C14H15F2N3O2S/c1-8(13(20)19-14-17-5-6-22-14)18-7-9-3-4-10(21-2)12(16)11(9)15/h3-6,8,18H,7H2,1-2H3,(H,17,19,20)/t8-/m0/s1. The number of halogens is 2. The highest BCUT2D eigenvalue weighted by atomic mass is 32.1. The average molecular weight is 327 g/mol. The number of nitrogens with zero attached hydrogens (tertiary/aromatic N) is 1. The van der Waals surface area contributed by atoms with Gasteiger partial charge in [-0.15, -0.1) is 11.3 Å². The molecule has 1 heterocycles. The van der Waals surface area contributed by atoms with Crippen molar-refractivity contribution in [3.05, 3.63) is 40.9 Å². The van der Waals surface area contributed by atoms with Gasteiger partial charge in [-0.25, -0.2) is 9.37 Å². The van der Waals surface area contributed by atoms with Crippen molar-refractivity contribution in [2.45, 2.75) is 19.5 Å². The minimum atomic E-state index is -1.04. The molecule has 0 saturated heterocycles. The Bertz CT molecular complexity index is 650. The fourth-order valence-corrected chi connectivity index (χ4v) is 2.25. The maximum Gasteiger partial charge on any atom is 0.243 e. The van der Waals surface area contributed by atoms with E-state index in [-0.39, 0.29) is 23.8 Å². The van der Waals surface area contributed by atoms with E-state index in [1.165, 1.54) is 30.6 Å². The molecule has 0 radical (unpaired) electrons. The minimum absolute atomic E-state index is 0.0131. The third-order valence-electron chi connectivity index (χ3n) is 3.00. The van der Waals surface area contributed by atoms with E-state index in [1.54, 1.807) is 18.5 Å². The summed E-state index contributed by atoms with van der Waals surface area (Å²) >= 11 is 1.30. The topological polar surface area (TPSA) is 63.2 Å². The van der Waals surface area contributed by atoms with Gasteiger partial charge in [0.1, 0.15) is 0 Å². The van der Waals surface area contributed by atoms with E-state index >= 15 is 0 Å². The molecule has 0 aliphatic carbocycles. The van der Waals surface area contributed by atoms with Crippen molar-refractivity contribution in [1.82, 2.24) is 10.3 Å². The third kappa shape index (κ3) is 3.77. The Labute approximate surface area is 130 Å². The van der Waals surface area contributed by atoms with Crippen molar-refractivity contribution >= 4 is 22.4 Å². The molecule has 2 rings (SSSR count). The quantitative estimate of drug-likeness (QED) is 0.856. The predicted molar refractivity (Wildman–Crippen MR) is 80.0 cm³/mol. The van der Waals surface area contributed by atoms with Crippen molar-refractivity contribution in [1.29, 1.82) is 0 Å². The highest BCUT2D eigenvalue weighted by molar-refractivity contribution is 7.13. The Hall–Kier alpha value is -2.06. The first-order valence-corrected chi connectivity index (χ1v) is 7.35. The Morgan fingerprint density at radius 3 is 2.82 bits per heavy atom. The van der Waals surface area contributed by atoms with E-state index in [1.807, 2.05) is 0 Å². The van der Waals surface area contributed by atoms with Crippen LogP contribution in [0, 0.1) is 11.6 Å². The van der Waals surface area contributed by atoms with Gasteiger partial charge in [-0.05, 0) is 13.0 Å². The van der Waals surface area contributed by atoms with Crippen LogP contribution in [0.1, 0.15) is 12.5 Å². The highest BCUT2D eigenvalue weighted by Crippen LogP contribution is 2.22. The zero-order chi connectivity index (χ0) is 16.1. The van der Waals surface area contributed by atoms with Gasteiger partial charge in [0, 0.05) is 23.7 Å². The molecule has 0 unspecified atom stereocenters. The lowest BCUT2D eigenvalue weighted by molar-refractivity contribution is -0.117. The molecule has 118 valence electrons. The van der Waals surface area contributed by atoms with E-state index in [0.717, 1.165) is 0 Å². The molecule has 0 aliphatic rings. The maximum absolute atomic E-state index is 13.8. The van der Waals surface area contributed by atoms with Gasteiger partial charge >= 0.3 is 0 Å². The molecule has 1 atom stereocenters. The van der Waals surface area contributed by atoms with Crippen LogP contribution < -0.4 is 15.4 Å². The molecule has 0 saturated carbocycles. The lowest BCUT2D eigenvalue weighted by atomic mass is 10.1. The largest absolute Gasteiger partial charge is 0.494 e. The Morgan fingerprint density at radius 1 is 1.41 bits per heavy atom. The van der Waals surface area contributed by atoms with Crippen LogP contribution >= 0.6 is 11.3 Å². The average Bonchev–Trinajstić information content (AvgIpc) is 3.01. The van der Waals surface area contributed by atoms with Crippen LogP contribution in [0.4, 0.5) is 13.9 Å². The number of carbonyl (C=O) groups is 1. The monoisotopic (exact) mass is 327 g/mol. The number of nitrogens with one attached hydrogen (secondary N) is 2. The summed E-state index contributed by atoms with van der Waals surface area (Å²) in [6.45, 7) is 1.64. The highest BCUT2D eigenvalue weighted by Gasteiger charge is 2.17. The van der Waals surface area contributed by atoms with E-state index in [2.05, 4.69) is 15.6 Å². The fraction of sp³-hybridized carbons (Fsp3) is 0.286. The van der Waals surface area contributed by atoms with Crippen molar-refractivity contribution in [2.24, 2.45) is 0 Å². The number of hydrogen-bond acceptors (Lipinski definition) is 5. The van der Waals surface area contributed by atoms with Crippen molar-refractivity contribution in [2.75, 3.05) is 12.4 Å². The Balaban J connectivity index is 1.95. The van der Waals surface area contributed by atoms with Gasteiger partial charge in [0.05, 0.1) is 13.2 Å². The third-order valence-corrected chi connectivity index (χ3v) is 3.69. The summed E-state index contributed by atoms with van der Waals surface area (Å²) in [5, 5.41) is 7.68. The van der Waals surface area contributed by atoms with Crippen LogP contribution in [0.15, 0.2) is 23.7 Å². The molecular formula is C14H15F2N3O2S. The number of hydrogen-bond donors (Lipinski definition) is 2. The van der Waals surface area contributed by atoms with Crippen LogP contribution in [0.25, 0.3) is 0 Å². The van der Waals surface area contributed by atoms with Gasteiger partial charge in [0.2, 0.25) is 11.7 Å². The first-order chi connectivity index (χ1) is 10.5. The summed E-state index contributed by atoms with van der Waals surface area (Å²) in [6.07, 6.45) is 1.58. The Morgan fingerprint density at radius 2 is 2.18 bits per heavy atom. The molecule has 0 aliphatic heterocycles. The van der Waals surface area contributed by atoms with Crippen LogP contribution in [-0.4, -0.2) is 24.0 Å². The fourth-order valence-electron chi connectivity index (χ4n) is 1.72. The summed E-state index contributed by atoms with van der Waals surface area (Å²) < 4.78 is 32.1. The summed E-state index contributed by atoms with van der Waals surface area (Å²) in [5.74, 6) is -2.48. The molecule has 0 bridgehead atoms. The second kappa shape index (κ2) is 7.28. The number of methoxy groups -OCH3 is 1. The number of ether oxygens (including phenoxy) is 1. The van der Waals surface area contributed by atoms with Gasteiger partial charge in [-0.1, -0.05) is 6.07 Å². The molecule has 0 fully saturated rings. The number of rotatable bonds is 6. The number of aromatic nitrogens is 1. The van der Waals surface area contributed by atoms with Crippen molar-refractivity contribution < 1.29 is 18.3 Å². The number of thiazole rings is 1. The lowest BCUT2D eigenvalue weighted by Gasteiger charge is -2.14. The minimum Gasteiger partial charge on any atom is -0.494 e. The van der Waals surface area contributed by atoms with Gasteiger partial charge in [-0.3, -0.25) is 4.79 Å². The first-order valence-electron chi connectivity index (χ1n) is 6.47. The molecule has 0 spiro atoms. The van der Waals surface area contributed by atoms with E-state index in [0.29, 0.717) is 5.13 Å². The number of amides is 1. The summed E-state index contributed by atoms with van der Waals surface area (Å²) in [5.41, 5.74) is 0.118. The molecule has 1 aromatic carbocycles. The van der Waals surface area contributed by atoms with Crippen LogP contribution in [0.3, 0.4) is 0 Å². The van der Waals surface area contributed by atoms with Gasteiger partial charge in [0.25, 0.3) is 0 Å². The Kier molecular flexibility index (Phi) is 5.40. The molecule has 22 heavy (non-hydrogen) atoms. The maximum atomic E-state index is 13.8. The van der Waals surface area contributed by atoms with Gasteiger partial charge in [0.15, 0.2) is 16.7 Å². The van der Waals surface area contributed by atoms with Gasteiger partial charge < -0.3 is 15.4 Å². The summed E-state index contributed by atoms with van der Waals surface area (Å²) in [6, 6.07) is 2.17. The molecule has 2 N–H and O–H groups in total. The normalized spacial score (nSPS) is 12.0. The molecule has 1 aromatic heterocycles. The zero-order valence-electron chi connectivity index (χ0n) is 12.0. The molecule has 2 aromatic rings. The molecule has 1 amide bonds. The number of benzene rings is 1. The smallest absolute Gasteiger partial charge is 0.243 e. The second-order valence-electron chi connectivity index (χ2n) is 4.48. The zero-order valence-corrected chi connectivity index (χ0v) is 12.8. The second-order valence-corrected chi connectivity index (χ2v) is 5.38. The van der Waals surface area contributed by atoms with E-state index in [4.69, 9.17) is 4.74 Å². The van der Waals surface area contributed by atoms with E-state index < -0.39 is 17.7 Å². The number of anilines is 1. The van der Waals surface area contributed by atoms with Crippen molar-refractivity contribution in [3.8, 4) is 5.75 Å². The van der Waals surface area contributed by atoms with Crippen molar-refractivity contribution in [3.63, 3.8) is 0 Å². The predicted octanol–water partition coefficient (Wildman–Crippen LogP) is 2.55. The first kappa shape index (κ1) is 16.3. The molecule has 8 heteroatoms. The van der Waals surface area contributed by atoms with Crippen LogP contribution in [-0.2, 0) is 11.3 Å². The van der Waals surface area contributed by atoms with Crippen LogP contribution in [0.2, 0.25) is 0 Å². The molecular weight excluding hydrogens is 312 g/mol.